The standard InChI is InChI=1S/C16H26N2O3S/c1-6-8-14(4)17-15(19)11-18(22(5,20)21)16-12(2)9-7-10-13(16)3/h7,9-10,14H,6,8,11H2,1-5H3,(H,17,19)/t14-/m0/s1. The van der Waals surface area contributed by atoms with E-state index < -0.39 is 10.0 Å². The molecule has 0 saturated carbocycles. The molecule has 0 aromatic heterocycles. The van der Waals surface area contributed by atoms with Crippen LogP contribution in [-0.2, 0) is 14.8 Å². The van der Waals surface area contributed by atoms with Crippen LogP contribution in [0.5, 0.6) is 0 Å². The molecule has 6 heteroatoms. The zero-order valence-electron chi connectivity index (χ0n) is 14.0. The normalized spacial score (nSPS) is 12.8. The Morgan fingerprint density at radius 2 is 1.82 bits per heavy atom. The summed E-state index contributed by atoms with van der Waals surface area (Å²) in [6.45, 7) is 7.46. The first-order valence-electron chi connectivity index (χ1n) is 7.50. The van der Waals surface area contributed by atoms with Crippen LogP contribution in [0.15, 0.2) is 18.2 Å². The van der Waals surface area contributed by atoms with E-state index >= 15 is 0 Å². The maximum atomic E-state index is 12.2. The van der Waals surface area contributed by atoms with Gasteiger partial charge in [0, 0.05) is 6.04 Å². The molecule has 1 amide bonds. The maximum Gasteiger partial charge on any atom is 0.240 e. The van der Waals surface area contributed by atoms with Crippen molar-refractivity contribution in [3.8, 4) is 0 Å². The van der Waals surface area contributed by atoms with Crippen molar-refractivity contribution in [2.45, 2.75) is 46.6 Å². The van der Waals surface area contributed by atoms with Gasteiger partial charge in [0.15, 0.2) is 0 Å². The average molecular weight is 326 g/mol. The van der Waals surface area contributed by atoms with E-state index in [1.54, 1.807) is 0 Å². The second-order valence-corrected chi connectivity index (χ2v) is 7.67. The third-order valence-corrected chi connectivity index (χ3v) is 4.62. The second-order valence-electron chi connectivity index (χ2n) is 5.77. The fourth-order valence-electron chi connectivity index (χ4n) is 2.52. The van der Waals surface area contributed by atoms with E-state index in [0.29, 0.717) is 5.69 Å². The zero-order chi connectivity index (χ0) is 16.9. The van der Waals surface area contributed by atoms with E-state index in [0.717, 1.165) is 30.2 Å². The highest BCUT2D eigenvalue weighted by molar-refractivity contribution is 7.92. The van der Waals surface area contributed by atoms with Crippen LogP contribution in [0.4, 0.5) is 5.69 Å². The number of rotatable bonds is 7. The van der Waals surface area contributed by atoms with Crippen molar-refractivity contribution in [3.63, 3.8) is 0 Å². The first-order chi connectivity index (χ1) is 10.2. The molecule has 0 saturated heterocycles. The topological polar surface area (TPSA) is 66.5 Å². The summed E-state index contributed by atoms with van der Waals surface area (Å²) >= 11 is 0. The molecule has 0 aliphatic rings. The van der Waals surface area contributed by atoms with Crippen LogP contribution in [0.25, 0.3) is 0 Å². The molecule has 0 unspecified atom stereocenters. The molecular weight excluding hydrogens is 300 g/mol. The Labute approximate surface area is 133 Å². The summed E-state index contributed by atoms with van der Waals surface area (Å²) in [5, 5.41) is 2.85. The number of carbonyl (C=O) groups excluding carboxylic acids is 1. The van der Waals surface area contributed by atoms with Crippen LogP contribution in [0, 0.1) is 13.8 Å². The van der Waals surface area contributed by atoms with Crippen molar-refractivity contribution in [3.05, 3.63) is 29.3 Å². The highest BCUT2D eigenvalue weighted by Crippen LogP contribution is 2.26. The van der Waals surface area contributed by atoms with Crippen LogP contribution < -0.4 is 9.62 Å². The number of sulfonamides is 1. The van der Waals surface area contributed by atoms with Crippen molar-refractivity contribution >= 4 is 21.6 Å². The van der Waals surface area contributed by atoms with Gasteiger partial charge in [-0.2, -0.15) is 0 Å². The lowest BCUT2D eigenvalue weighted by atomic mass is 10.1. The fourth-order valence-corrected chi connectivity index (χ4v) is 3.49. The molecule has 5 nitrogen and oxygen atoms in total. The predicted molar refractivity (Wildman–Crippen MR) is 90.6 cm³/mol. The largest absolute Gasteiger partial charge is 0.352 e. The van der Waals surface area contributed by atoms with Crippen LogP contribution >= 0.6 is 0 Å². The first kappa shape index (κ1) is 18.5. The predicted octanol–water partition coefficient (Wildman–Crippen LogP) is 2.37. The molecule has 1 aromatic carbocycles. The van der Waals surface area contributed by atoms with E-state index in [2.05, 4.69) is 5.32 Å². The minimum absolute atomic E-state index is 0.0388. The number of hydrogen-bond acceptors (Lipinski definition) is 3. The van der Waals surface area contributed by atoms with Gasteiger partial charge >= 0.3 is 0 Å². The summed E-state index contributed by atoms with van der Waals surface area (Å²) < 4.78 is 25.4. The molecule has 0 aliphatic carbocycles. The lowest BCUT2D eigenvalue weighted by molar-refractivity contribution is -0.120. The van der Waals surface area contributed by atoms with Gasteiger partial charge in [-0.15, -0.1) is 0 Å². The van der Waals surface area contributed by atoms with Crippen LogP contribution in [0.1, 0.15) is 37.8 Å². The number of benzene rings is 1. The minimum atomic E-state index is -3.53. The summed E-state index contributed by atoms with van der Waals surface area (Å²) in [7, 11) is -3.53. The maximum absolute atomic E-state index is 12.2. The number of anilines is 1. The summed E-state index contributed by atoms with van der Waals surface area (Å²) in [6.07, 6.45) is 2.96. The van der Waals surface area contributed by atoms with Gasteiger partial charge in [0.2, 0.25) is 15.9 Å². The van der Waals surface area contributed by atoms with Crippen molar-refractivity contribution in [2.24, 2.45) is 0 Å². The first-order valence-corrected chi connectivity index (χ1v) is 9.35. The van der Waals surface area contributed by atoms with E-state index in [9.17, 15) is 13.2 Å². The molecule has 1 rings (SSSR count). The molecule has 0 heterocycles. The van der Waals surface area contributed by atoms with Crippen molar-refractivity contribution < 1.29 is 13.2 Å². The lowest BCUT2D eigenvalue weighted by Crippen LogP contribution is -2.43. The summed E-state index contributed by atoms with van der Waals surface area (Å²) in [6, 6.07) is 5.60. The van der Waals surface area contributed by atoms with Gasteiger partial charge < -0.3 is 5.32 Å². The van der Waals surface area contributed by atoms with Gasteiger partial charge in [0.05, 0.1) is 11.9 Å². The molecular formula is C16H26N2O3S. The highest BCUT2D eigenvalue weighted by Gasteiger charge is 2.24. The number of nitrogens with zero attached hydrogens (tertiary/aromatic N) is 1. The summed E-state index contributed by atoms with van der Waals surface area (Å²) in [4.78, 5) is 12.2. The third kappa shape index (κ3) is 5.02. The molecule has 0 aliphatic heterocycles. The monoisotopic (exact) mass is 326 g/mol. The number of para-hydroxylation sites is 1. The second kappa shape index (κ2) is 7.63. The number of amides is 1. The average Bonchev–Trinajstić information content (AvgIpc) is 2.36. The van der Waals surface area contributed by atoms with Crippen molar-refractivity contribution in [1.82, 2.24) is 5.32 Å². The van der Waals surface area contributed by atoms with Crippen molar-refractivity contribution in [2.75, 3.05) is 17.1 Å². The Bertz CT molecular complexity index is 606. The molecule has 1 aromatic rings. The molecule has 0 bridgehead atoms. The third-order valence-electron chi connectivity index (χ3n) is 3.51. The van der Waals surface area contributed by atoms with E-state index in [1.807, 2.05) is 45.9 Å². The van der Waals surface area contributed by atoms with Gasteiger partial charge in [-0.3, -0.25) is 9.10 Å². The number of aryl methyl sites for hydroxylation is 2. The van der Waals surface area contributed by atoms with Crippen LogP contribution in [-0.4, -0.2) is 33.2 Å². The van der Waals surface area contributed by atoms with E-state index in [4.69, 9.17) is 0 Å². The Hall–Kier alpha value is -1.56. The fraction of sp³-hybridized carbons (Fsp3) is 0.562. The van der Waals surface area contributed by atoms with Crippen molar-refractivity contribution in [1.29, 1.82) is 0 Å². The van der Waals surface area contributed by atoms with Gasteiger partial charge in [-0.25, -0.2) is 8.42 Å². The Morgan fingerprint density at radius 1 is 1.27 bits per heavy atom. The quantitative estimate of drug-likeness (QED) is 0.836. The minimum Gasteiger partial charge on any atom is -0.352 e. The molecule has 0 spiro atoms. The molecule has 124 valence electrons. The molecule has 0 fully saturated rings. The Kier molecular flexibility index (Phi) is 6.41. The Morgan fingerprint density at radius 3 is 2.27 bits per heavy atom. The molecule has 22 heavy (non-hydrogen) atoms. The lowest BCUT2D eigenvalue weighted by Gasteiger charge is -2.26. The SMILES string of the molecule is CCC[C@H](C)NC(=O)CN(c1c(C)cccc1C)S(C)(=O)=O. The molecule has 1 atom stereocenters. The van der Waals surface area contributed by atoms with Gasteiger partial charge in [0.1, 0.15) is 6.54 Å². The van der Waals surface area contributed by atoms with Crippen LogP contribution in [0.3, 0.4) is 0 Å². The van der Waals surface area contributed by atoms with Gasteiger partial charge in [-0.05, 0) is 38.3 Å². The van der Waals surface area contributed by atoms with E-state index in [-0.39, 0.29) is 18.5 Å². The summed E-state index contributed by atoms with van der Waals surface area (Å²) in [5.74, 6) is -0.283. The van der Waals surface area contributed by atoms with Crippen LogP contribution in [0.2, 0.25) is 0 Å². The van der Waals surface area contributed by atoms with Gasteiger partial charge in [0.25, 0.3) is 0 Å². The number of hydrogen-bond donors (Lipinski definition) is 1. The molecule has 0 radical (unpaired) electrons. The smallest absolute Gasteiger partial charge is 0.240 e. The zero-order valence-corrected chi connectivity index (χ0v) is 14.8. The highest BCUT2D eigenvalue weighted by atomic mass is 32.2. The number of carbonyl (C=O) groups is 1. The Balaban J connectivity index is 3.04. The number of nitrogens with one attached hydrogen (secondary N) is 1. The summed E-state index contributed by atoms with van der Waals surface area (Å²) in [5.41, 5.74) is 2.25. The van der Waals surface area contributed by atoms with Gasteiger partial charge in [-0.1, -0.05) is 31.5 Å². The van der Waals surface area contributed by atoms with E-state index in [1.165, 1.54) is 4.31 Å². The molecule has 1 N–H and O–H groups in total.